The molecule has 0 amide bonds. The van der Waals surface area contributed by atoms with Crippen LogP contribution in [0.5, 0.6) is 0 Å². The summed E-state index contributed by atoms with van der Waals surface area (Å²) in [5, 5.41) is 13.0. The Hall–Kier alpha value is -1.10. The van der Waals surface area contributed by atoms with E-state index in [2.05, 4.69) is 41.5 Å². The Balaban J connectivity index is 2.08. The molecule has 1 aromatic carbocycles. The molecule has 19 heavy (non-hydrogen) atoms. The third-order valence-corrected chi connectivity index (χ3v) is 3.00. The van der Waals surface area contributed by atoms with Crippen LogP contribution in [0.2, 0.25) is 0 Å². The van der Waals surface area contributed by atoms with Gasteiger partial charge in [0.05, 0.1) is 6.10 Å². The number of hydrogen-bond donors (Lipinski definition) is 2. The lowest BCUT2D eigenvalue weighted by Crippen LogP contribution is -2.36. The van der Waals surface area contributed by atoms with Crippen LogP contribution >= 0.6 is 0 Å². The molecular formula is C15H27N3O. The van der Waals surface area contributed by atoms with Crippen molar-refractivity contribution in [2.45, 2.75) is 12.5 Å². The van der Waals surface area contributed by atoms with E-state index >= 15 is 0 Å². The zero-order valence-corrected chi connectivity index (χ0v) is 12.3. The molecule has 1 atom stereocenters. The molecule has 0 aliphatic rings. The van der Waals surface area contributed by atoms with Gasteiger partial charge in [0.1, 0.15) is 0 Å². The summed E-state index contributed by atoms with van der Waals surface area (Å²) in [6.07, 6.45) is 0.780. The smallest absolute Gasteiger partial charge is 0.0791 e. The molecule has 0 aliphatic carbocycles. The molecule has 0 heterocycles. The number of anilines is 1. The summed E-state index contributed by atoms with van der Waals surface area (Å²) >= 11 is 0. The van der Waals surface area contributed by atoms with Crippen LogP contribution in [0.3, 0.4) is 0 Å². The summed E-state index contributed by atoms with van der Waals surface area (Å²) < 4.78 is 0. The Labute approximate surface area is 117 Å². The highest BCUT2D eigenvalue weighted by Gasteiger charge is 2.04. The number of aliphatic hydroxyl groups excluding tert-OH is 1. The van der Waals surface area contributed by atoms with Crippen LogP contribution in [-0.4, -0.2) is 63.4 Å². The monoisotopic (exact) mass is 265 g/mol. The van der Waals surface area contributed by atoms with Gasteiger partial charge < -0.3 is 20.2 Å². The van der Waals surface area contributed by atoms with Crippen LogP contribution in [0.4, 0.5) is 5.69 Å². The lowest BCUT2D eigenvalue weighted by Gasteiger charge is -2.20. The van der Waals surface area contributed by atoms with Crippen LogP contribution in [-0.2, 0) is 0 Å². The Morgan fingerprint density at radius 2 is 1.84 bits per heavy atom. The number of nitrogens with zero attached hydrogens (tertiary/aromatic N) is 2. The SMILES string of the molecule is CN(C)CC(O)CNCCCN(C)c1ccccc1. The molecule has 0 spiro atoms. The minimum absolute atomic E-state index is 0.290. The first-order valence-electron chi connectivity index (χ1n) is 6.89. The summed E-state index contributed by atoms with van der Waals surface area (Å²) in [6, 6.07) is 10.4. The van der Waals surface area contributed by atoms with Crippen LogP contribution in [0, 0.1) is 0 Å². The summed E-state index contributed by atoms with van der Waals surface area (Å²) in [4.78, 5) is 4.24. The summed E-state index contributed by atoms with van der Waals surface area (Å²) in [5.74, 6) is 0. The van der Waals surface area contributed by atoms with E-state index in [1.807, 2.05) is 25.1 Å². The van der Waals surface area contributed by atoms with Gasteiger partial charge in [-0.25, -0.2) is 0 Å². The predicted molar refractivity (Wildman–Crippen MR) is 81.8 cm³/mol. The molecule has 2 N–H and O–H groups in total. The zero-order chi connectivity index (χ0) is 14.1. The van der Waals surface area contributed by atoms with Crippen LogP contribution in [0.1, 0.15) is 6.42 Å². The summed E-state index contributed by atoms with van der Waals surface area (Å²) in [7, 11) is 6.05. The molecule has 1 rings (SSSR count). The van der Waals surface area contributed by atoms with Crippen LogP contribution in [0.25, 0.3) is 0 Å². The Bertz CT molecular complexity index is 329. The van der Waals surface area contributed by atoms with Gasteiger partial charge in [0.2, 0.25) is 0 Å². The normalized spacial score (nSPS) is 12.7. The maximum absolute atomic E-state index is 9.69. The van der Waals surface area contributed by atoms with Gasteiger partial charge in [-0.3, -0.25) is 0 Å². The van der Waals surface area contributed by atoms with Crippen molar-refractivity contribution < 1.29 is 5.11 Å². The van der Waals surface area contributed by atoms with Gasteiger partial charge in [0.25, 0.3) is 0 Å². The van der Waals surface area contributed by atoms with Crippen molar-refractivity contribution in [1.82, 2.24) is 10.2 Å². The molecule has 0 aliphatic heterocycles. The third kappa shape index (κ3) is 7.15. The fourth-order valence-corrected chi connectivity index (χ4v) is 2.01. The number of nitrogens with one attached hydrogen (secondary N) is 1. The number of likely N-dealkylation sites (N-methyl/N-ethyl adjacent to an activating group) is 1. The molecule has 0 aromatic heterocycles. The minimum atomic E-state index is -0.290. The molecule has 4 heteroatoms. The maximum atomic E-state index is 9.69. The largest absolute Gasteiger partial charge is 0.390 e. The standard InChI is InChI=1S/C15H27N3O/c1-17(2)13-15(19)12-16-10-7-11-18(3)14-8-5-4-6-9-14/h4-6,8-9,15-16,19H,7,10-13H2,1-3H3. The quantitative estimate of drug-likeness (QED) is 0.654. The Kier molecular flexibility index (Phi) is 7.48. The van der Waals surface area contributed by atoms with E-state index in [1.54, 1.807) is 0 Å². The summed E-state index contributed by atoms with van der Waals surface area (Å²) in [5.41, 5.74) is 1.25. The fourth-order valence-electron chi connectivity index (χ4n) is 2.01. The third-order valence-electron chi connectivity index (χ3n) is 3.00. The predicted octanol–water partition coefficient (Wildman–Crippen LogP) is 1.03. The van der Waals surface area contributed by atoms with E-state index in [9.17, 15) is 5.11 Å². The Morgan fingerprint density at radius 3 is 2.47 bits per heavy atom. The lowest BCUT2D eigenvalue weighted by atomic mass is 10.3. The van der Waals surface area contributed by atoms with Crippen molar-refractivity contribution in [3.63, 3.8) is 0 Å². The number of aliphatic hydroxyl groups is 1. The molecule has 4 nitrogen and oxygen atoms in total. The average molecular weight is 265 g/mol. The van der Waals surface area contributed by atoms with Crippen LogP contribution < -0.4 is 10.2 Å². The number of benzene rings is 1. The molecule has 0 saturated carbocycles. The topological polar surface area (TPSA) is 38.7 Å². The highest BCUT2D eigenvalue weighted by molar-refractivity contribution is 5.44. The van der Waals surface area contributed by atoms with Gasteiger partial charge >= 0.3 is 0 Å². The summed E-state index contributed by atoms with van der Waals surface area (Å²) in [6.45, 7) is 3.31. The second-order valence-corrected chi connectivity index (χ2v) is 5.23. The first-order chi connectivity index (χ1) is 9.09. The van der Waals surface area contributed by atoms with Gasteiger partial charge in [-0.1, -0.05) is 18.2 Å². The molecule has 0 bridgehead atoms. The van der Waals surface area contributed by atoms with E-state index in [1.165, 1.54) is 5.69 Å². The molecule has 0 radical (unpaired) electrons. The van der Waals surface area contributed by atoms with Crippen molar-refractivity contribution in [1.29, 1.82) is 0 Å². The highest BCUT2D eigenvalue weighted by atomic mass is 16.3. The molecule has 0 fully saturated rings. The van der Waals surface area contributed by atoms with Gasteiger partial charge in [0.15, 0.2) is 0 Å². The highest BCUT2D eigenvalue weighted by Crippen LogP contribution is 2.10. The van der Waals surface area contributed by atoms with E-state index < -0.39 is 0 Å². The molecule has 108 valence electrons. The average Bonchev–Trinajstić information content (AvgIpc) is 2.38. The van der Waals surface area contributed by atoms with Gasteiger partial charge in [-0.05, 0) is 39.2 Å². The second-order valence-electron chi connectivity index (χ2n) is 5.23. The lowest BCUT2D eigenvalue weighted by molar-refractivity contribution is 0.135. The Morgan fingerprint density at radius 1 is 1.16 bits per heavy atom. The van der Waals surface area contributed by atoms with E-state index in [-0.39, 0.29) is 6.10 Å². The van der Waals surface area contributed by atoms with E-state index in [0.29, 0.717) is 13.1 Å². The van der Waals surface area contributed by atoms with Gasteiger partial charge in [-0.15, -0.1) is 0 Å². The first kappa shape index (κ1) is 16.0. The second kappa shape index (κ2) is 8.91. The maximum Gasteiger partial charge on any atom is 0.0791 e. The minimum Gasteiger partial charge on any atom is -0.390 e. The number of para-hydroxylation sites is 1. The molecule has 0 saturated heterocycles. The molecule has 1 unspecified atom stereocenters. The van der Waals surface area contributed by atoms with Gasteiger partial charge in [-0.2, -0.15) is 0 Å². The molecular weight excluding hydrogens is 238 g/mol. The molecule has 1 aromatic rings. The van der Waals surface area contributed by atoms with Crippen molar-refractivity contribution in [3.05, 3.63) is 30.3 Å². The van der Waals surface area contributed by atoms with E-state index in [0.717, 1.165) is 19.5 Å². The number of hydrogen-bond acceptors (Lipinski definition) is 4. The zero-order valence-electron chi connectivity index (χ0n) is 12.3. The van der Waals surface area contributed by atoms with E-state index in [4.69, 9.17) is 0 Å². The van der Waals surface area contributed by atoms with Crippen molar-refractivity contribution in [2.24, 2.45) is 0 Å². The van der Waals surface area contributed by atoms with Crippen molar-refractivity contribution in [2.75, 3.05) is 52.2 Å². The number of rotatable bonds is 9. The van der Waals surface area contributed by atoms with Crippen molar-refractivity contribution in [3.8, 4) is 0 Å². The van der Waals surface area contributed by atoms with Crippen molar-refractivity contribution >= 4 is 5.69 Å². The van der Waals surface area contributed by atoms with Crippen LogP contribution in [0.15, 0.2) is 30.3 Å². The van der Waals surface area contributed by atoms with Gasteiger partial charge in [0, 0.05) is 32.4 Å². The fraction of sp³-hybridized carbons (Fsp3) is 0.600. The first-order valence-corrected chi connectivity index (χ1v) is 6.89.